The molecule has 1 amide bonds. The van der Waals surface area contributed by atoms with E-state index in [1.807, 2.05) is 0 Å². The minimum absolute atomic E-state index is 0.0545. The maximum Gasteiger partial charge on any atom is 0.459 e. The van der Waals surface area contributed by atoms with Gasteiger partial charge >= 0.3 is 18.0 Å². The summed E-state index contributed by atoms with van der Waals surface area (Å²) in [6.07, 6.45) is -3.84. The van der Waals surface area contributed by atoms with E-state index in [0.717, 1.165) is 0 Å². The molecule has 2 bridgehead atoms. The minimum atomic E-state index is -6.41. The summed E-state index contributed by atoms with van der Waals surface area (Å²) in [5.41, 5.74) is 0.244. The van der Waals surface area contributed by atoms with Gasteiger partial charge in [0.1, 0.15) is 0 Å². The first-order valence-electron chi connectivity index (χ1n) is 7.83. The maximum absolute atomic E-state index is 14.3. The van der Waals surface area contributed by atoms with Crippen LogP contribution in [0.4, 0.5) is 36.4 Å². The summed E-state index contributed by atoms with van der Waals surface area (Å²) < 4.78 is 93.3. The van der Waals surface area contributed by atoms with Gasteiger partial charge in [0.15, 0.2) is 0 Å². The summed E-state index contributed by atoms with van der Waals surface area (Å²) in [6, 6.07) is 7.66. The number of hydrogen-bond donors (Lipinski definition) is 1. The second kappa shape index (κ2) is 5.99. The predicted molar refractivity (Wildman–Crippen MR) is 78.7 cm³/mol. The van der Waals surface area contributed by atoms with Crippen molar-refractivity contribution in [1.29, 1.82) is 0 Å². The molecule has 26 heavy (non-hydrogen) atoms. The first-order chi connectivity index (χ1) is 12.0. The fraction of sp³-hybridized carbons (Fsp3) is 0.471. The van der Waals surface area contributed by atoms with Gasteiger partial charge < -0.3 is 5.32 Å². The number of para-hydroxylation sites is 1. The third-order valence-electron chi connectivity index (χ3n) is 5.00. The first kappa shape index (κ1) is 18.7. The highest BCUT2D eigenvalue weighted by molar-refractivity contribution is 5.93. The summed E-state index contributed by atoms with van der Waals surface area (Å²) in [6.45, 7) is 0. The summed E-state index contributed by atoms with van der Waals surface area (Å²) in [7, 11) is 0. The number of rotatable bonds is 4. The normalized spacial score (nSPS) is 28.4. The number of carbonyl (C=O) groups excluding carboxylic acids is 1. The van der Waals surface area contributed by atoms with Gasteiger partial charge in [-0.15, -0.1) is 0 Å². The predicted octanol–water partition coefficient (Wildman–Crippen LogP) is 4.90. The lowest BCUT2D eigenvalue weighted by Gasteiger charge is -2.38. The molecule has 4 atom stereocenters. The molecule has 2 nitrogen and oxygen atoms in total. The van der Waals surface area contributed by atoms with Crippen LogP contribution in [0.3, 0.4) is 0 Å². The van der Waals surface area contributed by atoms with E-state index in [4.69, 9.17) is 0 Å². The SMILES string of the molecule is O=C(Nc1ccccc1)[C@H]1[C@H](C(F)(F)C(F)(F)C(F)(F)F)[C@H]2C=C[C@@H]1C2. The molecular formula is C17H14F7NO. The molecule has 0 saturated heterocycles. The number of fused-ring (bicyclic) bond motifs is 2. The van der Waals surface area contributed by atoms with Crippen LogP contribution in [0.15, 0.2) is 42.5 Å². The standard InChI is InChI=1S/C17H14F7NO/c18-15(19,16(20,21)17(22,23)24)13-10-7-6-9(8-10)12(13)14(26)25-11-4-2-1-3-5-11/h1-7,9-10,12-13H,8H2,(H,25,26)/t9-,10+,12-,13-/m1/s1. The number of nitrogens with one attached hydrogen (secondary N) is 1. The number of halogens is 7. The van der Waals surface area contributed by atoms with E-state index in [-0.39, 0.29) is 12.1 Å². The molecule has 3 rings (SSSR count). The molecule has 2 aliphatic rings. The second-order valence-corrected chi connectivity index (χ2v) is 6.55. The fourth-order valence-corrected chi connectivity index (χ4v) is 3.82. The quantitative estimate of drug-likeness (QED) is 0.584. The lowest BCUT2D eigenvalue weighted by atomic mass is 9.76. The lowest BCUT2D eigenvalue weighted by Crippen LogP contribution is -2.59. The molecule has 0 radical (unpaired) electrons. The Hall–Kier alpha value is -2.06. The molecular weight excluding hydrogens is 367 g/mol. The van der Waals surface area contributed by atoms with Crippen molar-refractivity contribution < 1.29 is 35.5 Å². The zero-order valence-electron chi connectivity index (χ0n) is 13.1. The van der Waals surface area contributed by atoms with Crippen LogP contribution in [0.2, 0.25) is 0 Å². The third kappa shape index (κ3) is 2.77. The van der Waals surface area contributed by atoms with E-state index in [0.29, 0.717) is 0 Å². The van der Waals surface area contributed by atoms with E-state index >= 15 is 0 Å². The molecule has 1 aromatic rings. The van der Waals surface area contributed by atoms with E-state index in [1.54, 1.807) is 18.2 Å². The molecule has 142 valence electrons. The number of alkyl halides is 7. The zero-order chi connectivity index (χ0) is 19.3. The van der Waals surface area contributed by atoms with Crippen molar-refractivity contribution in [3.05, 3.63) is 42.5 Å². The van der Waals surface area contributed by atoms with Gasteiger partial charge in [-0.2, -0.15) is 30.7 Å². The number of carbonyl (C=O) groups is 1. The van der Waals surface area contributed by atoms with Crippen molar-refractivity contribution in [3.8, 4) is 0 Å². The van der Waals surface area contributed by atoms with Gasteiger partial charge in [0.25, 0.3) is 0 Å². The molecule has 0 heterocycles. The Morgan fingerprint density at radius 3 is 2.08 bits per heavy atom. The first-order valence-corrected chi connectivity index (χ1v) is 7.83. The highest BCUT2D eigenvalue weighted by Gasteiger charge is 2.78. The molecule has 1 N–H and O–H groups in total. The van der Waals surface area contributed by atoms with Gasteiger partial charge in [-0.3, -0.25) is 4.79 Å². The molecule has 1 fully saturated rings. The Kier molecular flexibility index (Phi) is 4.31. The smallest absolute Gasteiger partial charge is 0.326 e. The van der Waals surface area contributed by atoms with Crippen LogP contribution in [-0.2, 0) is 4.79 Å². The van der Waals surface area contributed by atoms with Gasteiger partial charge in [0.05, 0.1) is 5.92 Å². The van der Waals surface area contributed by atoms with Crippen molar-refractivity contribution >= 4 is 11.6 Å². The third-order valence-corrected chi connectivity index (χ3v) is 5.00. The Bertz CT molecular complexity index is 714. The highest BCUT2D eigenvalue weighted by atomic mass is 19.4. The number of amides is 1. The molecule has 2 aliphatic carbocycles. The minimum Gasteiger partial charge on any atom is -0.326 e. The Balaban J connectivity index is 1.92. The number of hydrogen-bond acceptors (Lipinski definition) is 1. The largest absolute Gasteiger partial charge is 0.459 e. The lowest BCUT2D eigenvalue weighted by molar-refractivity contribution is -0.369. The Morgan fingerprint density at radius 2 is 1.50 bits per heavy atom. The van der Waals surface area contributed by atoms with Gasteiger partial charge in [0.2, 0.25) is 5.91 Å². The average molecular weight is 381 g/mol. The van der Waals surface area contributed by atoms with Crippen LogP contribution in [0, 0.1) is 23.7 Å². The van der Waals surface area contributed by atoms with E-state index in [9.17, 15) is 35.5 Å². The monoisotopic (exact) mass is 381 g/mol. The summed E-state index contributed by atoms with van der Waals surface area (Å²) in [5, 5.41) is 2.33. The van der Waals surface area contributed by atoms with E-state index in [1.165, 1.54) is 24.3 Å². The van der Waals surface area contributed by atoms with Gasteiger partial charge in [-0.1, -0.05) is 30.4 Å². The van der Waals surface area contributed by atoms with Crippen molar-refractivity contribution in [2.75, 3.05) is 5.32 Å². The van der Waals surface area contributed by atoms with Crippen LogP contribution in [-0.4, -0.2) is 23.9 Å². The molecule has 0 aromatic heterocycles. The van der Waals surface area contributed by atoms with Crippen molar-refractivity contribution in [3.63, 3.8) is 0 Å². The number of benzene rings is 1. The van der Waals surface area contributed by atoms with E-state index in [2.05, 4.69) is 5.32 Å². The van der Waals surface area contributed by atoms with Crippen molar-refractivity contribution in [2.24, 2.45) is 23.7 Å². The van der Waals surface area contributed by atoms with E-state index < -0.39 is 47.6 Å². The van der Waals surface area contributed by atoms with Crippen LogP contribution in [0.1, 0.15) is 6.42 Å². The molecule has 1 aromatic carbocycles. The molecule has 0 aliphatic heterocycles. The van der Waals surface area contributed by atoms with Gasteiger partial charge in [-0.05, 0) is 30.4 Å². The van der Waals surface area contributed by atoms with Crippen molar-refractivity contribution in [2.45, 2.75) is 24.4 Å². The second-order valence-electron chi connectivity index (χ2n) is 6.55. The molecule has 9 heteroatoms. The Labute approximate surface area is 144 Å². The Morgan fingerprint density at radius 1 is 0.923 bits per heavy atom. The summed E-state index contributed by atoms with van der Waals surface area (Å²) >= 11 is 0. The number of allylic oxidation sites excluding steroid dienone is 2. The molecule has 1 saturated carbocycles. The van der Waals surface area contributed by atoms with Crippen LogP contribution >= 0.6 is 0 Å². The van der Waals surface area contributed by atoms with Crippen molar-refractivity contribution in [1.82, 2.24) is 0 Å². The summed E-state index contributed by atoms with van der Waals surface area (Å²) in [5.74, 6) is -18.7. The topological polar surface area (TPSA) is 29.1 Å². The van der Waals surface area contributed by atoms with Gasteiger partial charge in [-0.25, -0.2) is 0 Å². The summed E-state index contributed by atoms with van der Waals surface area (Å²) in [4.78, 5) is 12.4. The fourth-order valence-electron chi connectivity index (χ4n) is 3.82. The van der Waals surface area contributed by atoms with Crippen LogP contribution in [0.25, 0.3) is 0 Å². The zero-order valence-corrected chi connectivity index (χ0v) is 13.1. The number of anilines is 1. The highest BCUT2D eigenvalue weighted by Crippen LogP contribution is 2.60. The average Bonchev–Trinajstić information content (AvgIpc) is 3.15. The van der Waals surface area contributed by atoms with Crippen LogP contribution in [0.5, 0.6) is 0 Å². The maximum atomic E-state index is 14.3. The van der Waals surface area contributed by atoms with Crippen LogP contribution < -0.4 is 5.32 Å². The molecule has 0 unspecified atom stereocenters. The van der Waals surface area contributed by atoms with Gasteiger partial charge in [0, 0.05) is 11.6 Å². The molecule has 0 spiro atoms.